The molecule has 0 fully saturated rings. The molecule has 0 bridgehead atoms. The van der Waals surface area contributed by atoms with Crippen LogP contribution < -0.4 is 5.32 Å². The van der Waals surface area contributed by atoms with E-state index in [2.05, 4.69) is 10.1 Å². The van der Waals surface area contributed by atoms with Crippen molar-refractivity contribution in [3.63, 3.8) is 0 Å². The van der Waals surface area contributed by atoms with Crippen molar-refractivity contribution in [1.82, 2.24) is 5.32 Å². The van der Waals surface area contributed by atoms with Gasteiger partial charge in [-0.1, -0.05) is 13.8 Å². The lowest BCUT2D eigenvalue weighted by Gasteiger charge is -2.05. The minimum absolute atomic E-state index is 0.0937. The Morgan fingerprint density at radius 2 is 2.20 bits per heavy atom. The van der Waals surface area contributed by atoms with E-state index < -0.39 is 0 Å². The van der Waals surface area contributed by atoms with Gasteiger partial charge in [0.05, 0.1) is 6.54 Å². The Labute approximate surface area is 61.8 Å². The van der Waals surface area contributed by atoms with E-state index >= 15 is 0 Å². The lowest BCUT2D eigenvalue weighted by molar-refractivity contribution is -0.121. The molecule has 60 valence electrons. The summed E-state index contributed by atoms with van der Waals surface area (Å²) in [5.74, 6) is 0.0937. The number of ether oxygens (including phenoxy) is 1. The van der Waals surface area contributed by atoms with Gasteiger partial charge >= 0.3 is 0 Å². The zero-order valence-electron chi connectivity index (χ0n) is 6.81. The van der Waals surface area contributed by atoms with Crippen molar-refractivity contribution in [2.75, 3.05) is 20.3 Å². The number of methoxy groups -OCH3 is 1. The molecule has 0 aromatic heterocycles. The SMILES string of the molecule is COCC(=O)CNC(C)C. The van der Waals surface area contributed by atoms with Crippen molar-refractivity contribution in [3.8, 4) is 0 Å². The van der Waals surface area contributed by atoms with Crippen molar-refractivity contribution in [2.24, 2.45) is 0 Å². The molecule has 0 saturated heterocycles. The van der Waals surface area contributed by atoms with Crippen LogP contribution in [0.3, 0.4) is 0 Å². The third kappa shape index (κ3) is 5.72. The molecule has 0 amide bonds. The monoisotopic (exact) mass is 145 g/mol. The van der Waals surface area contributed by atoms with E-state index in [1.165, 1.54) is 7.11 Å². The smallest absolute Gasteiger partial charge is 0.172 e. The van der Waals surface area contributed by atoms with Gasteiger partial charge in [-0.25, -0.2) is 0 Å². The maximum Gasteiger partial charge on any atom is 0.172 e. The molecule has 0 atom stereocenters. The van der Waals surface area contributed by atoms with Crippen molar-refractivity contribution in [2.45, 2.75) is 19.9 Å². The Bertz CT molecular complexity index is 102. The molecule has 0 aliphatic carbocycles. The van der Waals surface area contributed by atoms with Crippen LogP contribution in [0.1, 0.15) is 13.8 Å². The highest BCUT2D eigenvalue weighted by atomic mass is 16.5. The van der Waals surface area contributed by atoms with Gasteiger partial charge in [-0.2, -0.15) is 0 Å². The lowest BCUT2D eigenvalue weighted by Crippen LogP contribution is -2.30. The highest BCUT2D eigenvalue weighted by Crippen LogP contribution is 1.77. The van der Waals surface area contributed by atoms with E-state index in [0.717, 1.165) is 0 Å². The zero-order chi connectivity index (χ0) is 7.98. The summed E-state index contributed by atoms with van der Waals surface area (Å²) in [5, 5.41) is 3.00. The summed E-state index contributed by atoms with van der Waals surface area (Å²) in [6.07, 6.45) is 0. The van der Waals surface area contributed by atoms with Crippen LogP contribution in [0.15, 0.2) is 0 Å². The van der Waals surface area contributed by atoms with Gasteiger partial charge < -0.3 is 10.1 Å². The van der Waals surface area contributed by atoms with Gasteiger partial charge in [0.25, 0.3) is 0 Å². The normalized spacial score (nSPS) is 10.4. The van der Waals surface area contributed by atoms with Gasteiger partial charge in [-0.05, 0) is 0 Å². The molecule has 0 aliphatic rings. The fraction of sp³-hybridized carbons (Fsp3) is 0.857. The summed E-state index contributed by atoms with van der Waals surface area (Å²) in [4.78, 5) is 10.8. The predicted octanol–water partition coefficient (Wildman–Crippen LogP) is 0.200. The first kappa shape index (κ1) is 9.59. The molecule has 0 unspecified atom stereocenters. The summed E-state index contributed by atoms with van der Waals surface area (Å²) in [6, 6.07) is 0.362. The number of hydrogen-bond donors (Lipinski definition) is 1. The summed E-state index contributed by atoms with van der Waals surface area (Å²) in [7, 11) is 1.52. The fourth-order valence-electron chi connectivity index (χ4n) is 0.530. The first-order valence-corrected chi connectivity index (χ1v) is 3.41. The van der Waals surface area contributed by atoms with Gasteiger partial charge in [0.15, 0.2) is 5.78 Å². The zero-order valence-corrected chi connectivity index (χ0v) is 6.81. The number of carbonyl (C=O) groups is 1. The van der Waals surface area contributed by atoms with E-state index in [4.69, 9.17) is 0 Å². The number of carbonyl (C=O) groups excluding carboxylic acids is 1. The van der Waals surface area contributed by atoms with Gasteiger partial charge in [-0.15, -0.1) is 0 Å². The van der Waals surface area contributed by atoms with Crippen LogP contribution in [0.2, 0.25) is 0 Å². The quantitative estimate of drug-likeness (QED) is 0.600. The van der Waals surface area contributed by atoms with Crippen LogP contribution in [0.25, 0.3) is 0 Å². The molecule has 0 spiro atoms. The lowest BCUT2D eigenvalue weighted by atomic mass is 10.3. The molecule has 10 heavy (non-hydrogen) atoms. The molecule has 1 N–H and O–H groups in total. The van der Waals surface area contributed by atoms with Crippen LogP contribution in [-0.2, 0) is 9.53 Å². The number of ketones is 1. The van der Waals surface area contributed by atoms with E-state index in [9.17, 15) is 4.79 Å². The second-order valence-corrected chi connectivity index (χ2v) is 2.51. The summed E-state index contributed by atoms with van der Waals surface area (Å²) in [6.45, 7) is 4.62. The van der Waals surface area contributed by atoms with Crippen molar-refractivity contribution in [1.29, 1.82) is 0 Å². The van der Waals surface area contributed by atoms with Gasteiger partial charge in [0, 0.05) is 13.2 Å². The third-order valence-corrected chi connectivity index (χ3v) is 1.01. The molecule has 0 aliphatic heterocycles. The van der Waals surface area contributed by atoms with E-state index in [1.54, 1.807) is 0 Å². The Morgan fingerprint density at radius 3 is 2.60 bits per heavy atom. The average molecular weight is 145 g/mol. The Balaban J connectivity index is 3.22. The minimum Gasteiger partial charge on any atom is -0.377 e. The second-order valence-electron chi connectivity index (χ2n) is 2.51. The first-order chi connectivity index (χ1) is 4.66. The molecular formula is C7H15NO2. The van der Waals surface area contributed by atoms with Crippen molar-refractivity contribution in [3.05, 3.63) is 0 Å². The minimum atomic E-state index is 0.0937. The number of hydrogen-bond acceptors (Lipinski definition) is 3. The maximum atomic E-state index is 10.8. The number of nitrogens with one attached hydrogen (secondary N) is 1. The molecule has 0 heterocycles. The standard InChI is InChI=1S/C7H15NO2/c1-6(2)8-4-7(9)5-10-3/h6,8H,4-5H2,1-3H3. The van der Waals surface area contributed by atoms with Gasteiger partial charge in [-0.3, -0.25) is 4.79 Å². The summed E-state index contributed by atoms with van der Waals surface area (Å²) < 4.78 is 4.65. The molecule has 0 aromatic rings. The average Bonchev–Trinajstić information content (AvgIpc) is 1.85. The van der Waals surface area contributed by atoms with Crippen LogP contribution >= 0.6 is 0 Å². The maximum absolute atomic E-state index is 10.8. The van der Waals surface area contributed by atoms with E-state index in [1.807, 2.05) is 13.8 Å². The Kier molecular flexibility index (Phi) is 5.16. The largest absolute Gasteiger partial charge is 0.377 e. The predicted molar refractivity (Wildman–Crippen MR) is 40.0 cm³/mol. The third-order valence-electron chi connectivity index (χ3n) is 1.01. The highest BCUT2D eigenvalue weighted by molar-refractivity contribution is 5.81. The van der Waals surface area contributed by atoms with Gasteiger partial charge in [0.1, 0.15) is 6.61 Å². The highest BCUT2D eigenvalue weighted by Gasteiger charge is 2.00. The second kappa shape index (κ2) is 5.38. The molecule has 0 radical (unpaired) electrons. The topological polar surface area (TPSA) is 38.3 Å². The van der Waals surface area contributed by atoms with Crippen LogP contribution in [0, 0.1) is 0 Å². The van der Waals surface area contributed by atoms with Crippen LogP contribution in [0.5, 0.6) is 0 Å². The molecule has 0 rings (SSSR count). The number of rotatable bonds is 5. The number of Topliss-reactive ketones (excluding diaryl/α,β-unsaturated/α-hetero) is 1. The Hall–Kier alpha value is -0.410. The molecule has 0 saturated carbocycles. The van der Waals surface area contributed by atoms with Crippen LogP contribution in [-0.4, -0.2) is 32.1 Å². The molecule has 0 aromatic carbocycles. The molecular weight excluding hydrogens is 130 g/mol. The molecule has 3 heteroatoms. The van der Waals surface area contributed by atoms with Gasteiger partial charge in [0.2, 0.25) is 0 Å². The van der Waals surface area contributed by atoms with Crippen molar-refractivity contribution < 1.29 is 9.53 Å². The van der Waals surface area contributed by atoms with E-state index in [0.29, 0.717) is 12.6 Å². The van der Waals surface area contributed by atoms with Crippen molar-refractivity contribution >= 4 is 5.78 Å². The van der Waals surface area contributed by atoms with Crippen LogP contribution in [0.4, 0.5) is 0 Å². The summed E-state index contributed by atoms with van der Waals surface area (Å²) in [5.41, 5.74) is 0. The van der Waals surface area contributed by atoms with E-state index in [-0.39, 0.29) is 12.4 Å². The fourth-order valence-corrected chi connectivity index (χ4v) is 0.530. The Morgan fingerprint density at radius 1 is 1.60 bits per heavy atom. The first-order valence-electron chi connectivity index (χ1n) is 3.41. The summed E-state index contributed by atoms with van der Waals surface area (Å²) >= 11 is 0. The molecule has 3 nitrogen and oxygen atoms in total.